The van der Waals surface area contributed by atoms with Crippen LogP contribution in [0.15, 0.2) is 11.8 Å². The summed E-state index contributed by atoms with van der Waals surface area (Å²) in [6.07, 6.45) is 3.91. The molecular weight excluding hydrogens is 414 g/mol. The maximum Gasteiger partial charge on any atom is 0.249 e. The summed E-state index contributed by atoms with van der Waals surface area (Å²) in [6.45, 7) is 3.51. The van der Waals surface area contributed by atoms with Crippen LogP contribution in [-0.2, 0) is 14.3 Å². The van der Waals surface area contributed by atoms with Crippen LogP contribution >= 0.6 is 0 Å². The molecule has 1 saturated heterocycles. The highest BCUT2D eigenvalue weighted by Crippen LogP contribution is 2.43. The van der Waals surface area contributed by atoms with Gasteiger partial charge in [-0.1, -0.05) is 0 Å². The number of nitrogens with two attached hydrogens (primary N) is 2. The molecule has 6 atom stereocenters. The Kier molecular flexibility index (Phi) is 7.71. The van der Waals surface area contributed by atoms with Crippen molar-refractivity contribution < 1.29 is 24.5 Å². The van der Waals surface area contributed by atoms with Crippen molar-refractivity contribution in [3.63, 3.8) is 0 Å². The summed E-state index contributed by atoms with van der Waals surface area (Å²) in [5.74, 6) is 0.386. The first kappa shape index (κ1) is 23.9. The number of carbonyl (C=O) groups excluding carboxylic acids is 1. The Morgan fingerprint density at radius 1 is 1.38 bits per heavy atom. The van der Waals surface area contributed by atoms with Crippen molar-refractivity contribution in [3.05, 3.63) is 11.8 Å². The van der Waals surface area contributed by atoms with Gasteiger partial charge in [0.05, 0.1) is 12.6 Å². The number of amides is 1. The summed E-state index contributed by atoms with van der Waals surface area (Å²) in [5, 5.41) is 30.1. The number of nitrogens with one attached hydrogen (secondary N) is 3. The molecule has 4 rings (SSSR count). The molecule has 3 fully saturated rings. The zero-order chi connectivity index (χ0) is 22.7. The molecule has 1 unspecified atom stereocenters. The van der Waals surface area contributed by atoms with Crippen LogP contribution in [0.25, 0.3) is 0 Å². The maximum absolute atomic E-state index is 12.3. The van der Waals surface area contributed by atoms with Crippen LogP contribution in [0.4, 0.5) is 0 Å². The van der Waals surface area contributed by atoms with Crippen LogP contribution in [0, 0.1) is 11.3 Å². The summed E-state index contributed by atoms with van der Waals surface area (Å²) < 4.78 is 12.1. The lowest BCUT2D eigenvalue weighted by molar-refractivity contribution is -0.196. The molecule has 10 heteroatoms. The molecule has 0 aromatic rings. The predicted octanol–water partition coefficient (Wildman–Crippen LogP) is -1.73. The highest BCUT2D eigenvalue weighted by molar-refractivity contribution is 5.81. The summed E-state index contributed by atoms with van der Waals surface area (Å²) in [5.41, 5.74) is 12.4. The molecule has 2 saturated carbocycles. The minimum absolute atomic E-state index is 0.0569. The number of hydrogen-bond donors (Lipinski definition) is 7. The van der Waals surface area contributed by atoms with Crippen molar-refractivity contribution in [1.82, 2.24) is 16.0 Å². The van der Waals surface area contributed by atoms with Crippen LogP contribution in [0.3, 0.4) is 0 Å². The molecule has 0 bridgehead atoms. The first-order chi connectivity index (χ1) is 15.4. The standard InChI is InChI=1S/C22H39N5O5/c23-11-22(4-5-22)12-26-10-15-2-1-3-18(31-15)32-20-16(24)6-14(7-17(20)28)27-21(30)19(29)13-8-25-9-13/h2,13-14,16-20,25-26,28-29H,1,3-12,23-24H2,(H,27,30)/t14-,16+,17-,18-,19?,20-/m1/s1. The van der Waals surface area contributed by atoms with Crippen molar-refractivity contribution in [3.8, 4) is 0 Å². The Labute approximate surface area is 189 Å². The first-order valence-electron chi connectivity index (χ1n) is 11.9. The molecule has 4 aliphatic rings. The summed E-state index contributed by atoms with van der Waals surface area (Å²) in [7, 11) is 0. The number of allylic oxidation sites excluding steroid dienone is 1. The van der Waals surface area contributed by atoms with Gasteiger partial charge in [0.2, 0.25) is 5.91 Å². The Morgan fingerprint density at radius 2 is 2.16 bits per heavy atom. The second-order valence-electron chi connectivity index (χ2n) is 9.97. The molecule has 0 radical (unpaired) electrons. The molecule has 0 spiro atoms. The molecule has 182 valence electrons. The average molecular weight is 454 g/mol. The largest absolute Gasteiger partial charge is 0.468 e. The van der Waals surface area contributed by atoms with E-state index in [1.54, 1.807) is 0 Å². The van der Waals surface area contributed by atoms with Gasteiger partial charge in [-0.05, 0) is 50.1 Å². The lowest BCUT2D eigenvalue weighted by Crippen LogP contribution is -2.59. The summed E-state index contributed by atoms with van der Waals surface area (Å²) >= 11 is 0. The molecule has 10 nitrogen and oxygen atoms in total. The van der Waals surface area contributed by atoms with Gasteiger partial charge >= 0.3 is 0 Å². The van der Waals surface area contributed by atoms with E-state index in [1.807, 2.05) is 0 Å². The lowest BCUT2D eigenvalue weighted by atomic mass is 9.86. The van der Waals surface area contributed by atoms with E-state index in [-0.39, 0.29) is 17.4 Å². The van der Waals surface area contributed by atoms with Crippen molar-refractivity contribution in [1.29, 1.82) is 0 Å². The van der Waals surface area contributed by atoms with E-state index >= 15 is 0 Å². The molecule has 2 aliphatic carbocycles. The quantitative estimate of drug-likeness (QED) is 0.203. The number of rotatable bonds is 10. The van der Waals surface area contributed by atoms with E-state index in [0.29, 0.717) is 45.4 Å². The van der Waals surface area contributed by atoms with Gasteiger partial charge < -0.3 is 47.1 Å². The van der Waals surface area contributed by atoms with Crippen molar-refractivity contribution >= 4 is 5.91 Å². The van der Waals surface area contributed by atoms with Crippen molar-refractivity contribution in [2.24, 2.45) is 22.8 Å². The lowest BCUT2D eigenvalue weighted by Gasteiger charge is -2.40. The number of hydrogen-bond acceptors (Lipinski definition) is 9. The predicted molar refractivity (Wildman–Crippen MR) is 118 cm³/mol. The number of aliphatic hydroxyl groups is 2. The van der Waals surface area contributed by atoms with Gasteiger partial charge in [0.1, 0.15) is 18.0 Å². The zero-order valence-electron chi connectivity index (χ0n) is 18.7. The first-order valence-corrected chi connectivity index (χ1v) is 11.9. The smallest absolute Gasteiger partial charge is 0.249 e. The minimum Gasteiger partial charge on any atom is -0.468 e. The fourth-order valence-corrected chi connectivity index (χ4v) is 4.74. The third kappa shape index (κ3) is 5.80. The van der Waals surface area contributed by atoms with E-state index in [1.165, 1.54) is 12.8 Å². The van der Waals surface area contributed by atoms with Gasteiger partial charge in [0, 0.05) is 44.1 Å². The van der Waals surface area contributed by atoms with Crippen LogP contribution in [-0.4, -0.2) is 85.5 Å². The molecule has 2 heterocycles. The molecule has 0 aromatic carbocycles. The maximum atomic E-state index is 12.3. The van der Waals surface area contributed by atoms with Gasteiger partial charge in [0.15, 0.2) is 6.29 Å². The highest BCUT2D eigenvalue weighted by Gasteiger charge is 2.41. The molecular formula is C22H39N5O5. The van der Waals surface area contributed by atoms with E-state index in [2.05, 4.69) is 22.0 Å². The van der Waals surface area contributed by atoms with Crippen LogP contribution < -0.4 is 27.4 Å². The third-order valence-electron chi connectivity index (χ3n) is 7.31. The third-order valence-corrected chi connectivity index (χ3v) is 7.31. The van der Waals surface area contributed by atoms with Crippen LogP contribution in [0.1, 0.15) is 38.5 Å². The molecule has 2 aliphatic heterocycles. The number of aliphatic hydroxyl groups excluding tert-OH is 2. The second kappa shape index (κ2) is 10.3. The van der Waals surface area contributed by atoms with Gasteiger partial charge in [0.25, 0.3) is 0 Å². The Bertz CT molecular complexity index is 672. The number of carbonyl (C=O) groups is 1. The van der Waals surface area contributed by atoms with Gasteiger partial charge in [-0.25, -0.2) is 0 Å². The normalized spacial score (nSPS) is 35.2. The van der Waals surface area contributed by atoms with Crippen molar-refractivity contribution in [2.45, 2.75) is 75.2 Å². The average Bonchev–Trinajstić information content (AvgIpc) is 3.50. The van der Waals surface area contributed by atoms with Gasteiger partial charge in [-0.2, -0.15) is 0 Å². The zero-order valence-corrected chi connectivity index (χ0v) is 18.7. The fraction of sp³-hybridized carbons (Fsp3) is 0.864. The Balaban J connectivity index is 1.20. The SMILES string of the molecule is NCC1(CNCC2=CCC[C@@H](O[C@H]3[C@H](O)C[C@H](NC(=O)C(O)C4CNC4)C[C@@H]3N)O2)CC1. The number of ether oxygens (including phenoxy) is 2. The second-order valence-corrected chi connectivity index (χ2v) is 9.97. The topological polar surface area (TPSA) is 164 Å². The Hall–Kier alpha value is -1.27. The van der Waals surface area contributed by atoms with Gasteiger partial charge in [-0.3, -0.25) is 4.79 Å². The molecule has 9 N–H and O–H groups in total. The van der Waals surface area contributed by atoms with Crippen LogP contribution in [0.2, 0.25) is 0 Å². The summed E-state index contributed by atoms with van der Waals surface area (Å²) in [6, 6.07) is -0.735. The van der Waals surface area contributed by atoms with E-state index < -0.39 is 36.6 Å². The molecule has 1 amide bonds. The Morgan fingerprint density at radius 3 is 2.78 bits per heavy atom. The minimum atomic E-state index is -1.03. The van der Waals surface area contributed by atoms with Crippen molar-refractivity contribution in [2.75, 3.05) is 32.7 Å². The highest BCUT2D eigenvalue weighted by atomic mass is 16.7. The monoisotopic (exact) mass is 453 g/mol. The van der Waals surface area contributed by atoms with E-state index in [9.17, 15) is 15.0 Å². The van der Waals surface area contributed by atoms with Crippen LogP contribution in [0.5, 0.6) is 0 Å². The summed E-state index contributed by atoms with van der Waals surface area (Å²) in [4.78, 5) is 12.3. The molecule has 32 heavy (non-hydrogen) atoms. The van der Waals surface area contributed by atoms with Gasteiger partial charge in [-0.15, -0.1) is 0 Å². The van der Waals surface area contributed by atoms with E-state index in [0.717, 1.165) is 18.7 Å². The molecule has 0 aromatic heterocycles. The fourth-order valence-electron chi connectivity index (χ4n) is 4.74. The van der Waals surface area contributed by atoms with E-state index in [4.69, 9.17) is 20.9 Å².